The summed E-state index contributed by atoms with van der Waals surface area (Å²) in [6, 6.07) is 19.0. The average molecular weight is 517 g/mol. The van der Waals surface area contributed by atoms with Crippen LogP contribution in [0, 0.1) is 15.9 Å². The van der Waals surface area contributed by atoms with Gasteiger partial charge in [0.15, 0.2) is 0 Å². The van der Waals surface area contributed by atoms with Crippen molar-refractivity contribution in [2.75, 3.05) is 13.1 Å². The number of benzene rings is 3. The van der Waals surface area contributed by atoms with E-state index in [-0.39, 0.29) is 48.0 Å². The number of carbonyl (C=O) groups excluding carboxylic acids is 2. The van der Waals surface area contributed by atoms with Crippen molar-refractivity contribution in [3.8, 4) is 0 Å². The fourth-order valence-corrected chi connectivity index (χ4v) is 4.32. The summed E-state index contributed by atoms with van der Waals surface area (Å²) in [6.07, 6.45) is 2.53. The number of rotatable bonds is 10. The summed E-state index contributed by atoms with van der Waals surface area (Å²) in [5.41, 5.74) is 3.01. The van der Waals surface area contributed by atoms with E-state index in [1.54, 1.807) is 17.0 Å². The number of para-hydroxylation sites is 1. The number of non-ortho nitro benzene ring substituents is 1. The van der Waals surface area contributed by atoms with Gasteiger partial charge in [0, 0.05) is 53.9 Å². The van der Waals surface area contributed by atoms with E-state index in [1.165, 1.54) is 41.3 Å². The van der Waals surface area contributed by atoms with Crippen LogP contribution in [0.15, 0.2) is 79.0 Å². The number of hydrogen-bond acceptors (Lipinski definition) is 4. The van der Waals surface area contributed by atoms with E-state index in [9.17, 15) is 24.1 Å². The van der Waals surface area contributed by atoms with Gasteiger partial charge in [-0.15, -0.1) is 0 Å². The van der Waals surface area contributed by atoms with Crippen molar-refractivity contribution in [1.82, 2.24) is 14.8 Å². The van der Waals surface area contributed by atoms with Gasteiger partial charge in [0.25, 0.3) is 11.6 Å². The molecule has 4 rings (SSSR count). The Bertz CT molecular complexity index is 1430. The molecule has 2 amide bonds. The highest BCUT2D eigenvalue weighted by Gasteiger charge is 2.25. The second-order valence-corrected chi connectivity index (χ2v) is 9.38. The first-order valence-corrected chi connectivity index (χ1v) is 12.4. The van der Waals surface area contributed by atoms with E-state index in [4.69, 9.17) is 0 Å². The van der Waals surface area contributed by atoms with Gasteiger partial charge in [0.2, 0.25) is 5.91 Å². The molecule has 0 fully saturated rings. The highest BCUT2D eigenvalue weighted by molar-refractivity contribution is 5.97. The number of hydrogen-bond donors (Lipinski definition) is 1. The Labute approximate surface area is 219 Å². The van der Waals surface area contributed by atoms with Crippen LogP contribution in [0.3, 0.4) is 0 Å². The van der Waals surface area contributed by atoms with Gasteiger partial charge in [-0.1, -0.05) is 30.3 Å². The van der Waals surface area contributed by atoms with Crippen molar-refractivity contribution in [3.63, 3.8) is 0 Å². The standard InChI is InChI=1S/C29H29FN4O4/c1-20(2)33(29(36)22-9-13-25(14-10-22)34(37)38)19-28(35)32(18-21-7-11-24(30)12-8-21)16-15-23-17-31-27-6-4-3-5-26(23)27/h3-14,17,20,31H,15-16,18-19H2,1-2H3. The molecule has 196 valence electrons. The van der Waals surface area contributed by atoms with Crippen LogP contribution in [0.2, 0.25) is 0 Å². The second kappa shape index (κ2) is 11.7. The molecular weight excluding hydrogens is 487 g/mol. The molecule has 1 aromatic heterocycles. The lowest BCUT2D eigenvalue weighted by atomic mass is 10.1. The summed E-state index contributed by atoms with van der Waals surface area (Å²) in [5, 5.41) is 12.1. The number of nitrogens with zero attached hydrogens (tertiary/aromatic N) is 3. The van der Waals surface area contributed by atoms with Crippen LogP contribution in [0.1, 0.15) is 35.3 Å². The number of aromatic amines is 1. The molecule has 9 heteroatoms. The smallest absolute Gasteiger partial charge is 0.269 e. The van der Waals surface area contributed by atoms with Crippen molar-refractivity contribution in [2.45, 2.75) is 32.9 Å². The van der Waals surface area contributed by atoms with Crippen molar-refractivity contribution in [1.29, 1.82) is 0 Å². The number of H-pyrrole nitrogens is 1. The Morgan fingerprint density at radius 2 is 1.68 bits per heavy atom. The third-order valence-corrected chi connectivity index (χ3v) is 6.48. The van der Waals surface area contributed by atoms with Gasteiger partial charge in [-0.25, -0.2) is 4.39 Å². The molecule has 0 aliphatic carbocycles. The van der Waals surface area contributed by atoms with Gasteiger partial charge in [-0.05, 0) is 61.7 Å². The minimum atomic E-state index is -0.529. The Morgan fingerprint density at radius 3 is 2.34 bits per heavy atom. The fraction of sp³-hybridized carbons (Fsp3) is 0.241. The number of halogens is 1. The summed E-state index contributed by atoms with van der Waals surface area (Å²) in [7, 11) is 0. The maximum atomic E-state index is 13.6. The topological polar surface area (TPSA) is 99.6 Å². The Balaban J connectivity index is 1.54. The predicted molar refractivity (Wildman–Crippen MR) is 143 cm³/mol. The first kappa shape index (κ1) is 26.5. The van der Waals surface area contributed by atoms with E-state index >= 15 is 0 Å². The van der Waals surface area contributed by atoms with E-state index < -0.39 is 4.92 Å². The number of nitrogens with one attached hydrogen (secondary N) is 1. The zero-order chi connectivity index (χ0) is 27.2. The summed E-state index contributed by atoms with van der Waals surface area (Å²) < 4.78 is 13.5. The van der Waals surface area contributed by atoms with E-state index in [1.807, 2.05) is 44.3 Å². The zero-order valence-corrected chi connectivity index (χ0v) is 21.3. The lowest BCUT2D eigenvalue weighted by Crippen LogP contribution is -2.46. The summed E-state index contributed by atoms with van der Waals surface area (Å²) in [5.74, 6) is -0.996. The highest BCUT2D eigenvalue weighted by atomic mass is 19.1. The first-order valence-electron chi connectivity index (χ1n) is 12.4. The molecule has 1 heterocycles. The monoisotopic (exact) mass is 516 g/mol. The lowest BCUT2D eigenvalue weighted by molar-refractivity contribution is -0.384. The molecule has 8 nitrogen and oxygen atoms in total. The molecule has 3 aromatic carbocycles. The Kier molecular flexibility index (Phi) is 8.15. The van der Waals surface area contributed by atoms with Crippen LogP contribution < -0.4 is 0 Å². The molecule has 0 atom stereocenters. The SMILES string of the molecule is CC(C)N(CC(=O)N(CCc1c[nH]c2ccccc12)Cc1ccc(F)cc1)C(=O)c1ccc([N+](=O)[O-])cc1. The van der Waals surface area contributed by atoms with Gasteiger partial charge in [0.05, 0.1) is 4.92 Å². The molecular formula is C29H29FN4O4. The third-order valence-electron chi connectivity index (χ3n) is 6.48. The Morgan fingerprint density at radius 1 is 1.00 bits per heavy atom. The van der Waals surface area contributed by atoms with Crippen molar-refractivity contribution < 1.29 is 18.9 Å². The van der Waals surface area contributed by atoms with Crippen LogP contribution in [-0.4, -0.2) is 50.7 Å². The largest absolute Gasteiger partial charge is 0.361 e. The fourth-order valence-electron chi connectivity index (χ4n) is 4.32. The average Bonchev–Trinajstić information content (AvgIpc) is 3.33. The number of amides is 2. The van der Waals surface area contributed by atoms with Crippen LogP contribution in [0.25, 0.3) is 10.9 Å². The molecule has 0 spiro atoms. The van der Waals surface area contributed by atoms with E-state index in [2.05, 4.69) is 4.98 Å². The van der Waals surface area contributed by atoms with Gasteiger partial charge >= 0.3 is 0 Å². The van der Waals surface area contributed by atoms with E-state index in [0.29, 0.717) is 13.0 Å². The van der Waals surface area contributed by atoms with Crippen molar-refractivity contribution in [3.05, 3.63) is 112 Å². The summed E-state index contributed by atoms with van der Waals surface area (Å²) in [4.78, 5) is 43.7. The molecule has 4 aromatic rings. The highest BCUT2D eigenvalue weighted by Crippen LogP contribution is 2.20. The number of nitro benzene ring substituents is 1. The van der Waals surface area contributed by atoms with Crippen molar-refractivity contribution >= 4 is 28.4 Å². The number of fused-ring (bicyclic) bond motifs is 1. The maximum absolute atomic E-state index is 13.6. The molecule has 38 heavy (non-hydrogen) atoms. The lowest BCUT2D eigenvalue weighted by Gasteiger charge is -2.30. The molecule has 0 aliphatic heterocycles. The summed E-state index contributed by atoms with van der Waals surface area (Å²) in [6.45, 7) is 4.12. The molecule has 1 N–H and O–H groups in total. The number of nitro groups is 1. The minimum Gasteiger partial charge on any atom is -0.361 e. The summed E-state index contributed by atoms with van der Waals surface area (Å²) >= 11 is 0. The van der Waals surface area contributed by atoms with E-state index in [0.717, 1.165) is 22.0 Å². The molecule has 0 saturated heterocycles. The van der Waals surface area contributed by atoms with Crippen LogP contribution in [0.5, 0.6) is 0 Å². The molecule has 0 unspecified atom stereocenters. The molecule has 0 aliphatic rings. The number of carbonyl (C=O) groups is 2. The molecule has 0 radical (unpaired) electrons. The second-order valence-electron chi connectivity index (χ2n) is 9.38. The quantitative estimate of drug-likeness (QED) is 0.227. The van der Waals surface area contributed by atoms with Gasteiger partial charge in [-0.2, -0.15) is 0 Å². The zero-order valence-electron chi connectivity index (χ0n) is 21.3. The predicted octanol–water partition coefficient (Wildman–Crippen LogP) is 5.34. The van der Waals surface area contributed by atoms with Crippen LogP contribution in [-0.2, 0) is 17.8 Å². The van der Waals surface area contributed by atoms with Gasteiger partial charge in [-0.3, -0.25) is 19.7 Å². The normalized spacial score (nSPS) is 11.1. The Hall–Kier alpha value is -4.53. The maximum Gasteiger partial charge on any atom is 0.269 e. The molecule has 0 saturated carbocycles. The van der Waals surface area contributed by atoms with Gasteiger partial charge < -0.3 is 14.8 Å². The van der Waals surface area contributed by atoms with Crippen molar-refractivity contribution in [2.24, 2.45) is 0 Å². The third kappa shape index (κ3) is 6.23. The molecule has 0 bridgehead atoms. The van der Waals surface area contributed by atoms with Gasteiger partial charge in [0.1, 0.15) is 12.4 Å². The first-order chi connectivity index (χ1) is 18.2. The number of aromatic nitrogens is 1. The minimum absolute atomic E-state index is 0.114. The van der Waals surface area contributed by atoms with Crippen LogP contribution in [0.4, 0.5) is 10.1 Å². The van der Waals surface area contributed by atoms with Crippen LogP contribution >= 0.6 is 0 Å².